The van der Waals surface area contributed by atoms with E-state index in [2.05, 4.69) is 21.3 Å². The highest BCUT2D eigenvalue weighted by Gasteiger charge is 2.47. The molecular formula is C58H66N4O12S2. The van der Waals surface area contributed by atoms with Gasteiger partial charge in [-0.25, -0.2) is 0 Å². The Hall–Kier alpha value is -5.52. The molecule has 8 rings (SSSR count). The van der Waals surface area contributed by atoms with Crippen molar-refractivity contribution in [1.82, 2.24) is 21.3 Å². The first-order chi connectivity index (χ1) is 36.9. The fourth-order valence-electron chi connectivity index (χ4n) is 9.94. The number of carbonyl (C=O) groups excluding carboxylic acids is 2. The van der Waals surface area contributed by atoms with Crippen molar-refractivity contribution in [2.45, 2.75) is 82.9 Å². The molecular weight excluding hydrogens is 1010 g/mol. The standard InChI is InChI=1S/C58H66N4O12S2/c63-33-45-49(65)51(67)47(55(71)73-45)61-53(69)43(35-75-57(37-19-7-1-8-20-37,38-21-9-2-10-22-38)39-23-11-3-12-24-39)59-31-32-60-44(54(70)62-48-52(68)50(66)46(34-64)74-56(48)72)36-76-58(40-25-13-4-14-26-40,41-27-15-5-16-28-41)42-29-17-6-18-30-42/h1-30,43-52,55-56,59-60,63-68,71-72H,31-36H2,(H,61,69)(H,62,70)/t43-,44-,45+,46+,47?,48?,49+,50+,51+,52+,55?,56?/m0/s1. The third-order valence-electron chi connectivity index (χ3n) is 14.0. The molecule has 6 aromatic rings. The first kappa shape index (κ1) is 56.7. The average Bonchev–Trinajstić information content (AvgIpc) is 3.47. The Kier molecular flexibility index (Phi) is 19.9. The molecule has 402 valence electrons. The molecule has 2 fully saturated rings. The van der Waals surface area contributed by atoms with Crippen molar-refractivity contribution >= 4 is 35.3 Å². The van der Waals surface area contributed by atoms with Gasteiger partial charge in [0.15, 0.2) is 12.6 Å². The normalized spacial score (nSPS) is 24.7. The minimum Gasteiger partial charge on any atom is -0.394 e. The van der Waals surface area contributed by atoms with Gasteiger partial charge in [0.1, 0.15) is 48.7 Å². The Morgan fingerprint density at radius 1 is 0.421 bits per heavy atom. The molecule has 4 unspecified atom stereocenters. The highest BCUT2D eigenvalue weighted by Crippen LogP contribution is 2.50. The number of aliphatic hydroxyl groups is 8. The summed E-state index contributed by atoms with van der Waals surface area (Å²) in [6.07, 6.45) is -12.8. The molecule has 2 amide bonds. The van der Waals surface area contributed by atoms with Gasteiger partial charge in [0, 0.05) is 24.6 Å². The van der Waals surface area contributed by atoms with Gasteiger partial charge in [-0.15, -0.1) is 23.5 Å². The SMILES string of the molecule is O=C(NC1C(O)O[C@H](CO)[C@@H](O)[C@@H]1O)[C@H](CSC(c1ccccc1)(c1ccccc1)c1ccccc1)NCCN[C@@H](CSC(c1ccccc1)(c1ccccc1)c1ccccc1)C(=O)NC1C(O)O[C@H](CO)[C@@H](O)[C@@H]1O. The largest absolute Gasteiger partial charge is 0.394 e. The van der Waals surface area contributed by atoms with Crippen molar-refractivity contribution in [3.05, 3.63) is 215 Å². The van der Waals surface area contributed by atoms with Crippen molar-refractivity contribution in [2.75, 3.05) is 37.8 Å². The van der Waals surface area contributed by atoms with Crippen LogP contribution < -0.4 is 21.3 Å². The molecule has 18 heteroatoms. The van der Waals surface area contributed by atoms with E-state index in [1.807, 2.05) is 182 Å². The molecule has 0 aromatic heterocycles. The van der Waals surface area contributed by atoms with E-state index in [4.69, 9.17) is 9.47 Å². The molecule has 12 atom stereocenters. The van der Waals surface area contributed by atoms with Crippen molar-refractivity contribution in [3.63, 3.8) is 0 Å². The molecule has 0 radical (unpaired) electrons. The molecule has 76 heavy (non-hydrogen) atoms. The molecule has 2 saturated heterocycles. The van der Waals surface area contributed by atoms with Crippen molar-refractivity contribution in [1.29, 1.82) is 0 Å². The summed E-state index contributed by atoms with van der Waals surface area (Å²) >= 11 is 2.97. The summed E-state index contributed by atoms with van der Waals surface area (Å²) in [6.45, 7) is -1.26. The van der Waals surface area contributed by atoms with Crippen LogP contribution in [0.3, 0.4) is 0 Å². The second kappa shape index (κ2) is 26.7. The van der Waals surface area contributed by atoms with E-state index in [0.717, 1.165) is 33.4 Å². The lowest BCUT2D eigenvalue weighted by molar-refractivity contribution is -0.254. The minimum atomic E-state index is -1.78. The Morgan fingerprint density at radius 3 is 0.908 bits per heavy atom. The number of ether oxygens (including phenoxy) is 2. The monoisotopic (exact) mass is 1070 g/mol. The average molecular weight is 1080 g/mol. The van der Waals surface area contributed by atoms with E-state index in [0.29, 0.717) is 0 Å². The van der Waals surface area contributed by atoms with Gasteiger partial charge in [-0.1, -0.05) is 182 Å². The number of benzene rings is 6. The second-order valence-corrected chi connectivity index (χ2v) is 21.2. The lowest BCUT2D eigenvalue weighted by Gasteiger charge is -2.41. The van der Waals surface area contributed by atoms with Crippen LogP contribution in [0.25, 0.3) is 0 Å². The smallest absolute Gasteiger partial charge is 0.238 e. The summed E-state index contributed by atoms with van der Waals surface area (Å²) in [7, 11) is 0. The van der Waals surface area contributed by atoms with Crippen LogP contribution in [0, 0.1) is 0 Å². The van der Waals surface area contributed by atoms with Gasteiger partial charge in [0.2, 0.25) is 11.8 Å². The van der Waals surface area contributed by atoms with Crippen molar-refractivity contribution in [2.24, 2.45) is 0 Å². The summed E-state index contributed by atoms with van der Waals surface area (Å²) in [5.41, 5.74) is 5.61. The zero-order valence-corrected chi connectivity index (χ0v) is 43.2. The molecule has 0 spiro atoms. The third kappa shape index (κ3) is 12.6. The van der Waals surface area contributed by atoms with Crippen LogP contribution in [-0.4, -0.2) is 164 Å². The van der Waals surface area contributed by atoms with Crippen LogP contribution in [0.5, 0.6) is 0 Å². The van der Waals surface area contributed by atoms with Gasteiger partial charge >= 0.3 is 0 Å². The Bertz CT molecular complexity index is 2330. The maximum Gasteiger partial charge on any atom is 0.238 e. The van der Waals surface area contributed by atoms with E-state index in [9.17, 15) is 50.4 Å². The van der Waals surface area contributed by atoms with Gasteiger partial charge < -0.3 is 71.6 Å². The van der Waals surface area contributed by atoms with Gasteiger partial charge in [0.05, 0.1) is 34.8 Å². The van der Waals surface area contributed by atoms with E-state index < -0.39 is 108 Å². The minimum absolute atomic E-state index is 0.0550. The number of aliphatic hydroxyl groups excluding tert-OH is 8. The van der Waals surface area contributed by atoms with Gasteiger partial charge in [-0.05, 0) is 33.4 Å². The Labute approximate surface area is 450 Å². The predicted molar refractivity (Wildman–Crippen MR) is 291 cm³/mol. The van der Waals surface area contributed by atoms with E-state index in [1.54, 1.807) is 0 Å². The van der Waals surface area contributed by atoms with Crippen LogP contribution >= 0.6 is 23.5 Å². The van der Waals surface area contributed by atoms with Crippen molar-refractivity contribution in [3.8, 4) is 0 Å². The number of nitrogens with one attached hydrogen (secondary N) is 4. The first-order valence-electron chi connectivity index (χ1n) is 25.2. The topological polar surface area (TPSA) is 263 Å². The zero-order valence-electron chi connectivity index (χ0n) is 41.5. The van der Waals surface area contributed by atoms with Gasteiger partial charge in [-0.3, -0.25) is 9.59 Å². The zero-order chi connectivity index (χ0) is 53.7. The summed E-state index contributed by atoms with van der Waals surface area (Å²) < 4.78 is 9.07. The summed E-state index contributed by atoms with van der Waals surface area (Å²) in [5, 5.41) is 97.4. The molecule has 2 heterocycles. The molecule has 12 N–H and O–H groups in total. The number of rotatable bonds is 23. The Balaban J connectivity index is 1.11. The first-order valence-corrected chi connectivity index (χ1v) is 27.2. The van der Waals surface area contributed by atoms with Crippen LogP contribution in [0.2, 0.25) is 0 Å². The fourth-order valence-corrected chi connectivity index (χ4v) is 13.1. The maximum absolute atomic E-state index is 14.7. The summed E-state index contributed by atoms with van der Waals surface area (Å²) in [4.78, 5) is 29.4. The van der Waals surface area contributed by atoms with Crippen molar-refractivity contribution < 1.29 is 59.9 Å². The third-order valence-corrected chi connectivity index (χ3v) is 17.3. The molecule has 0 saturated carbocycles. The second-order valence-electron chi connectivity index (χ2n) is 18.7. The van der Waals surface area contributed by atoms with Gasteiger partial charge in [0.25, 0.3) is 0 Å². The van der Waals surface area contributed by atoms with Gasteiger partial charge in [-0.2, -0.15) is 0 Å². The lowest BCUT2D eigenvalue weighted by atomic mass is 9.84. The summed E-state index contributed by atoms with van der Waals surface area (Å²) in [6, 6.07) is 54.2. The predicted octanol–water partition coefficient (Wildman–Crippen LogP) is 2.19. The summed E-state index contributed by atoms with van der Waals surface area (Å²) in [5.74, 6) is -1.12. The van der Waals surface area contributed by atoms with Crippen LogP contribution in [0.4, 0.5) is 0 Å². The number of thioether (sulfide) groups is 2. The number of amides is 2. The van der Waals surface area contributed by atoms with E-state index in [1.165, 1.54) is 23.5 Å². The molecule has 2 aliphatic heterocycles. The molecule has 16 nitrogen and oxygen atoms in total. The van der Waals surface area contributed by atoms with Crippen LogP contribution in [0.15, 0.2) is 182 Å². The highest BCUT2D eigenvalue weighted by molar-refractivity contribution is 8.01. The molecule has 2 aliphatic rings. The fraction of sp³-hybridized carbons (Fsp3) is 0.345. The quantitative estimate of drug-likeness (QED) is 0.0324. The number of hydrogen-bond acceptors (Lipinski definition) is 16. The number of carbonyl (C=O) groups is 2. The highest BCUT2D eigenvalue weighted by atomic mass is 32.2. The molecule has 6 aromatic carbocycles. The Morgan fingerprint density at radius 2 is 0.671 bits per heavy atom. The lowest BCUT2D eigenvalue weighted by Crippen LogP contribution is -2.66. The van der Waals surface area contributed by atoms with E-state index >= 15 is 0 Å². The van der Waals surface area contributed by atoms with Crippen LogP contribution in [0.1, 0.15) is 33.4 Å². The molecule has 0 aliphatic carbocycles. The maximum atomic E-state index is 14.7. The van der Waals surface area contributed by atoms with Crippen LogP contribution in [-0.2, 0) is 28.6 Å². The number of hydrogen-bond donors (Lipinski definition) is 12. The molecule has 0 bridgehead atoms. The van der Waals surface area contributed by atoms with E-state index in [-0.39, 0.29) is 24.6 Å².